The molecule has 0 spiro atoms. The third-order valence-electron chi connectivity index (χ3n) is 5.37. The van der Waals surface area contributed by atoms with Gasteiger partial charge in [0.15, 0.2) is 5.65 Å². The maximum atomic E-state index is 12.9. The predicted molar refractivity (Wildman–Crippen MR) is 107 cm³/mol. The second kappa shape index (κ2) is 6.53. The fourth-order valence-electron chi connectivity index (χ4n) is 3.90. The first-order valence-corrected chi connectivity index (χ1v) is 9.53. The molecule has 1 aliphatic rings. The molecule has 7 heteroatoms. The molecule has 5 rings (SSSR count). The molecule has 28 heavy (non-hydrogen) atoms. The van der Waals surface area contributed by atoms with Gasteiger partial charge in [-0.25, -0.2) is 14.2 Å². The summed E-state index contributed by atoms with van der Waals surface area (Å²) in [4.78, 5) is 17.4. The largest absolute Gasteiger partial charge is 0.381 e. The van der Waals surface area contributed by atoms with Crippen LogP contribution in [0, 0.1) is 13.8 Å². The average molecular weight is 375 g/mol. The maximum absolute atomic E-state index is 12.9. The van der Waals surface area contributed by atoms with Crippen molar-refractivity contribution in [3.8, 4) is 11.3 Å². The van der Waals surface area contributed by atoms with Crippen molar-refractivity contribution >= 4 is 16.4 Å². The highest BCUT2D eigenvalue weighted by molar-refractivity contribution is 5.85. The minimum atomic E-state index is -0.0409. The highest BCUT2D eigenvalue weighted by Gasteiger charge is 2.19. The number of fused-ring (bicyclic) bond motifs is 2. The number of aromatic nitrogens is 5. The average Bonchev–Trinajstić information content (AvgIpc) is 3.09. The summed E-state index contributed by atoms with van der Waals surface area (Å²) in [6.07, 6.45) is 5.34. The van der Waals surface area contributed by atoms with E-state index in [-0.39, 0.29) is 11.6 Å². The lowest BCUT2D eigenvalue weighted by molar-refractivity contribution is 0.0650. The monoisotopic (exact) mass is 375 g/mol. The SMILES string of the molecule is Cc1cn2nc(-c3ccc4c(=O)n(C5CCOCC5)ncc4c3)cc(C)c2n1. The molecule has 4 heterocycles. The number of benzene rings is 1. The fraction of sp³-hybridized carbons (Fsp3) is 0.333. The van der Waals surface area contributed by atoms with E-state index in [9.17, 15) is 4.79 Å². The van der Waals surface area contributed by atoms with Crippen molar-refractivity contribution in [3.05, 3.63) is 58.3 Å². The van der Waals surface area contributed by atoms with Crippen LogP contribution in [0.15, 0.2) is 41.5 Å². The molecule has 0 saturated carbocycles. The molecule has 0 atom stereocenters. The summed E-state index contributed by atoms with van der Waals surface area (Å²) >= 11 is 0. The van der Waals surface area contributed by atoms with E-state index in [1.54, 1.807) is 10.9 Å². The first-order valence-electron chi connectivity index (χ1n) is 9.53. The van der Waals surface area contributed by atoms with E-state index in [0.29, 0.717) is 18.6 Å². The fourth-order valence-corrected chi connectivity index (χ4v) is 3.90. The zero-order valence-electron chi connectivity index (χ0n) is 15.9. The topological polar surface area (TPSA) is 74.3 Å². The summed E-state index contributed by atoms with van der Waals surface area (Å²) in [6.45, 7) is 5.34. The molecule has 0 aliphatic carbocycles. The van der Waals surface area contributed by atoms with E-state index in [0.717, 1.165) is 46.4 Å². The highest BCUT2D eigenvalue weighted by Crippen LogP contribution is 2.24. The van der Waals surface area contributed by atoms with Crippen LogP contribution in [0.4, 0.5) is 0 Å². The number of rotatable bonds is 2. The van der Waals surface area contributed by atoms with Gasteiger partial charge in [0.1, 0.15) is 0 Å². The lowest BCUT2D eigenvalue weighted by atomic mass is 10.1. The standard InChI is InChI=1S/C21H21N5O2/c1-13-9-19(24-25-12-14(2)23-20(13)25)15-3-4-18-16(10-15)11-22-26(21(18)27)17-5-7-28-8-6-17/h3-4,9-12,17H,5-8H2,1-2H3. The number of hydrogen-bond acceptors (Lipinski definition) is 5. The van der Waals surface area contributed by atoms with Crippen molar-refractivity contribution in [2.24, 2.45) is 0 Å². The summed E-state index contributed by atoms with van der Waals surface area (Å²) in [5, 5.41) is 10.6. The zero-order valence-corrected chi connectivity index (χ0v) is 15.9. The molecule has 1 saturated heterocycles. The first kappa shape index (κ1) is 17.1. The van der Waals surface area contributed by atoms with Crippen LogP contribution in [0.5, 0.6) is 0 Å². The van der Waals surface area contributed by atoms with Gasteiger partial charge in [0, 0.05) is 24.2 Å². The molecule has 3 aromatic heterocycles. The Balaban J connectivity index is 1.59. The van der Waals surface area contributed by atoms with Gasteiger partial charge in [0.25, 0.3) is 5.56 Å². The van der Waals surface area contributed by atoms with Gasteiger partial charge >= 0.3 is 0 Å². The molecule has 0 bridgehead atoms. The smallest absolute Gasteiger partial charge is 0.274 e. The predicted octanol–water partition coefficient (Wildman–Crippen LogP) is 3.07. The van der Waals surface area contributed by atoms with Crippen LogP contribution in [0.3, 0.4) is 0 Å². The van der Waals surface area contributed by atoms with E-state index < -0.39 is 0 Å². The number of hydrogen-bond donors (Lipinski definition) is 0. The molecule has 0 radical (unpaired) electrons. The van der Waals surface area contributed by atoms with E-state index >= 15 is 0 Å². The van der Waals surface area contributed by atoms with Crippen molar-refractivity contribution in [1.82, 2.24) is 24.4 Å². The van der Waals surface area contributed by atoms with E-state index in [1.807, 2.05) is 48.8 Å². The third-order valence-corrected chi connectivity index (χ3v) is 5.37. The van der Waals surface area contributed by atoms with Gasteiger partial charge in [-0.2, -0.15) is 10.2 Å². The molecule has 1 aromatic carbocycles. The van der Waals surface area contributed by atoms with Gasteiger partial charge in [-0.3, -0.25) is 4.79 Å². The van der Waals surface area contributed by atoms with Crippen molar-refractivity contribution in [2.75, 3.05) is 13.2 Å². The number of imidazole rings is 1. The molecule has 0 N–H and O–H groups in total. The van der Waals surface area contributed by atoms with Gasteiger partial charge in [-0.05, 0) is 50.5 Å². The summed E-state index contributed by atoms with van der Waals surface area (Å²) in [6, 6.07) is 7.96. The van der Waals surface area contributed by atoms with Gasteiger partial charge in [-0.15, -0.1) is 0 Å². The minimum Gasteiger partial charge on any atom is -0.381 e. The minimum absolute atomic E-state index is 0.0409. The molecule has 1 fully saturated rings. The van der Waals surface area contributed by atoms with Crippen molar-refractivity contribution in [3.63, 3.8) is 0 Å². The van der Waals surface area contributed by atoms with Gasteiger partial charge in [-0.1, -0.05) is 6.07 Å². The molecule has 0 amide bonds. The third kappa shape index (κ3) is 2.79. The van der Waals surface area contributed by atoms with E-state index in [2.05, 4.69) is 15.2 Å². The lowest BCUT2D eigenvalue weighted by Gasteiger charge is -2.23. The van der Waals surface area contributed by atoms with Crippen LogP contribution in [-0.2, 0) is 4.74 Å². The Morgan fingerprint density at radius 2 is 1.96 bits per heavy atom. The Morgan fingerprint density at radius 3 is 2.79 bits per heavy atom. The Kier molecular flexibility index (Phi) is 3.98. The van der Waals surface area contributed by atoms with Crippen LogP contribution in [-0.4, -0.2) is 37.6 Å². The van der Waals surface area contributed by atoms with E-state index in [1.165, 1.54) is 0 Å². The van der Waals surface area contributed by atoms with Crippen LogP contribution in [0.25, 0.3) is 27.7 Å². The lowest BCUT2D eigenvalue weighted by Crippen LogP contribution is -2.31. The molecular weight excluding hydrogens is 354 g/mol. The van der Waals surface area contributed by atoms with Gasteiger partial charge in [0.05, 0.1) is 35.2 Å². The van der Waals surface area contributed by atoms with Crippen LogP contribution >= 0.6 is 0 Å². The second-order valence-electron chi connectivity index (χ2n) is 7.40. The van der Waals surface area contributed by atoms with Crippen molar-refractivity contribution in [2.45, 2.75) is 32.7 Å². The Morgan fingerprint density at radius 1 is 1.14 bits per heavy atom. The first-order chi connectivity index (χ1) is 13.6. The molecule has 4 aromatic rings. The summed E-state index contributed by atoms with van der Waals surface area (Å²) < 4.78 is 8.83. The van der Waals surface area contributed by atoms with Crippen LogP contribution in [0.2, 0.25) is 0 Å². The van der Waals surface area contributed by atoms with E-state index in [4.69, 9.17) is 4.74 Å². The number of nitrogens with zero attached hydrogens (tertiary/aromatic N) is 5. The van der Waals surface area contributed by atoms with Gasteiger partial charge in [0.2, 0.25) is 0 Å². The van der Waals surface area contributed by atoms with Crippen LogP contribution in [0.1, 0.15) is 30.1 Å². The maximum Gasteiger partial charge on any atom is 0.274 e. The van der Waals surface area contributed by atoms with Crippen molar-refractivity contribution in [1.29, 1.82) is 0 Å². The summed E-state index contributed by atoms with van der Waals surface area (Å²) in [7, 11) is 0. The number of aryl methyl sites for hydroxylation is 2. The van der Waals surface area contributed by atoms with Gasteiger partial charge < -0.3 is 4.74 Å². The molecule has 0 unspecified atom stereocenters. The summed E-state index contributed by atoms with van der Waals surface area (Å²) in [5.41, 5.74) is 4.62. The number of ether oxygens (including phenoxy) is 1. The molecule has 7 nitrogen and oxygen atoms in total. The quantitative estimate of drug-likeness (QED) is 0.538. The Bertz CT molecular complexity index is 1250. The zero-order chi connectivity index (χ0) is 19.3. The van der Waals surface area contributed by atoms with Crippen LogP contribution < -0.4 is 5.56 Å². The normalized spacial score (nSPS) is 15.5. The highest BCUT2D eigenvalue weighted by atomic mass is 16.5. The Hall–Kier alpha value is -3.06. The molecular formula is C21H21N5O2. The Labute approximate surface area is 161 Å². The van der Waals surface area contributed by atoms with Crippen molar-refractivity contribution < 1.29 is 4.74 Å². The molecule has 1 aliphatic heterocycles. The summed E-state index contributed by atoms with van der Waals surface area (Å²) in [5.74, 6) is 0. The second-order valence-corrected chi connectivity index (χ2v) is 7.40. The molecule has 142 valence electrons.